The first-order chi connectivity index (χ1) is 9.04. The number of benzene rings is 1. The second-order valence-electron chi connectivity index (χ2n) is 4.03. The Morgan fingerprint density at radius 2 is 2.00 bits per heavy atom. The Morgan fingerprint density at radius 3 is 2.63 bits per heavy atom. The number of aliphatic hydroxyl groups is 1. The van der Waals surface area contributed by atoms with E-state index in [1.54, 1.807) is 24.3 Å². The van der Waals surface area contributed by atoms with Gasteiger partial charge >= 0.3 is 0 Å². The summed E-state index contributed by atoms with van der Waals surface area (Å²) >= 11 is 3.27. The first kappa shape index (κ1) is 15.7. The SMILES string of the molecule is CCC(O)CNC(=O)CNC(=O)c1ccccc1Br. The van der Waals surface area contributed by atoms with Crippen LogP contribution in [0.1, 0.15) is 23.7 Å². The third kappa shape index (κ3) is 5.40. The average molecular weight is 329 g/mol. The summed E-state index contributed by atoms with van der Waals surface area (Å²) in [5, 5.41) is 14.3. The maximum Gasteiger partial charge on any atom is 0.252 e. The molecule has 3 N–H and O–H groups in total. The third-order valence-corrected chi connectivity index (χ3v) is 3.23. The molecule has 6 heteroatoms. The predicted molar refractivity (Wildman–Crippen MR) is 75.8 cm³/mol. The van der Waals surface area contributed by atoms with E-state index >= 15 is 0 Å². The Labute approximate surface area is 120 Å². The zero-order valence-electron chi connectivity index (χ0n) is 10.6. The Kier molecular flexibility index (Phi) is 6.52. The summed E-state index contributed by atoms with van der Waals surface area (Å²) in [5.74, 6) is -0.647. The molecule has 0 saturated carbocycles. The van der Waals surface area contributed by atoms with Crippen molar-refractivity contribution >= 4 is 27.7 Å². The van der Waals surface area contributed by atoms with E-state index in [9.17, 15) is 14.7 Å². The van der Waals surface area contributed by atoms with E-state index < -0.39 is 6.10 Å². The summed E-state index contributed by atoms with van der Waals surface area (Å²) in [5.41, 5.74) is 0.476. The Balaban J connectivity index is 2.38. The summed E-state index contributed by atoms with van der Waals surface area (Å²) < 4.78 is 0.675. The number of hydrogen-bond acceptors (Lipinski definition) is 3. The molecule has 1 atom stereocenters. The van der Waals surface area contributed by atoms with Gasteiger partial charge in [0.05, 0.1) is 18.2 Å². The van der Waals surface area contributed by atoms with Gasteiger partial charge in [0.15, 0.2) is 0 Å². The lowest BCUT2D eigenvalue weighted by molar-refractivity contribution is -0.120. The van der Waals surface area contributed by atoms with Crippen LogP contribution < -0.4 is 10.6 Å². The molecule has 1 rings (SSSR count). The third-order valence-electron chi connectivity index (χ3n) is 2.53. The van der Waals surface area contributed by atoms with Crippen LogP contribution in [0.4, 0.5) is 0 Å². The number of carbonyl (C=O) groups excluding carboxylic acids is 2. The molecule has 104 valence electrons. The number of hydrogen-bond donors (Lipinski definition) is 3. The number of rotatable bonds is 6. The molecule has 0 bridgehead atoms. The van der Waals surface area contributed by atoms with Crippen molar-refractivity contribution in [2.24, 2.45) is 0 Å². The normalized spacial score (nSPS) is 11.7. The second kappa shape index (κ2) is 7.91. The zero-order chi connectivity index (χ0) is 14.3. The largest absolute Gasteiger partial charge is 0.391 e. The van der Waals surface area contributed by atoms with Crippen molar-refractivity contribution in [2.45, 2.75) is 19.4 Å². The summed E-state index contributed by atoms with van der Waals surface area (Å²) in [6.45, 7) is 1.91. The van der Waals surface area contributed by atoms with Crippen LogP contribution >= 0.6 is 15.9 Å². The number of nitrogens with one attached hydrogen (secondary N) is 2. The van der Waals surface area contributed by atoms with E-state index in [-0.39, 0.29) is 24.9 Å². The average Bonchev–Trinajstić information content (AvgIpc) is 2.42. The van der Waals surface area contributed by atoms with E-state index in [2.05, 4.69) is 26.6 Å². The molecule has 0 radical (unpaired) electrons. The monoisotopic (exact) mass is 328 g/mol. The molecule has 0 aromatic heterocycles. The predicted octanol–water partition coefficient (Wildman–Crippen LogP) is 1.07. The van der Waals surface area contributed by atoms with Gasteiger partial charge in [-0.15, -0.1) is 0 Å². The van der Waals surface area contributed by atoms with Gasteiger partial charge in [-0.25, -0.2) is 0 Å². The molecule has 2 amide bonds. The first-order valence-corrected chi connectivity index (χ1v) is 6.81. The van der Waals surface area contributed by atoms with Gasteiger partial charge in [0.25, 0.3) is 5.91 Å². The fourth-order valence-corrected chi connectivity index (χ4v) is 1.80. The van der Waals surface area contributed by atoms with Crippen LogP contribution in [-0.2, 0) is 4.79 Å². The Bertz CT molecular complexity index is 451. The molecule has 0 aliphatic heterocycles. The highest BCUT2D eigenvalue weighted by molar-refractivity contribution is 9.10. The molecular formula is C13H17BrN2O3. The number of carbonyl (C=O) groups is 2. The van der Waals surface area contributed by atoms with E-state index in [4.69, 9.17) is 0 Å². The molecule has 0 aliphatic carbocycles. The summed E-state index contributed by atoms with van der Waals surface area (Å²) in [6, 6.07) is 6.97. The van der Waals surface area contributed by atoms with Crippen LogP contribution in [-0.4, -0.2) is 36.1 Å². The second-order valence-corrected chi connectivity index (χ2v) is 4.88. The lowest BCUT2D eigenvalue weighted by Crippen LogP contribution is -2.40. The molecule has 0 spiro atoms. The molecule has 0 fully saturated rings. The van der Waals surface area contributed by atoms with Crippen LogP contribution in [0.3, 0.4) is 0 Å². The molecule has 1 unspecified atom stereocenters. The maximum absolute atomic E-state index is 11.8. The van der Waals surface area contributed by atoms with E-state index in [1.165, 1.54) is 0 Å². The summed E-state index contributed by atoms with van der Waals surface area (Å²) in [6.07, 6.45) is 0.0202. The standard InChI is InChI=1S/C13H17BrN2O3/c1-2-9(17)7-15-12(18)8-16-13(19)10-5-3-4-6-11(10)14/h3-6,9,17H,2,7-8H2,1H3,(H,15,18)(H,16,19). The van der Waals surface area contributed by atoms with Gasteiger partial charge in [0, 0.05) is 11.0 Å². The van der Waals surface area contributed by atoms with Gasteiger partial charge in [0.2, 0.25) is 5.91 Å². The molecule has 5 nitrogen and oxygen atoms in total. The minimum atomic E-state index is -0.553. The molecule has 19 heavy (non-hydrogen) atoms. The van der Waals surface area contributed by atoms with Gasteiger partial charge < -0.3 is 15.7 Å². The highest BCUT2D eigenvalue weighted by Gasteiger charge is 2.11. The van der Waals surface area contributed by atoms with Crippen molar-refractivity contribution < 1.29 is 14.7 Å². The van der Waals surface area contributed by atoms with Gasteiger partial charge in [0.1, 0.15) is 0 Å². The quantitative estimate of drug-likeness (QED) is 0.730. The highest BCUT2D eigenvalue weighted by Crippen LogP contribution is 2.15. The zero-order valence-corrected chi connectivity index (χ0v) is 12.2. The number of halogens is 1. The Morgan fingerprint density at radius 1 is 1.32 bits per heavy atom. The van der Waals surface area contributed by atoms with Crippen LogP contribution in [0.5, 0.6) is 0 Å². The van der Waals surface area contributed by atoms with Crippen molar-refractivity contribution in [2.75, 3.05) is 13.1 Å². The van der Waals surface area contributed by atoms with Crippen LogP contribution in [0.15, 0.2) is 28.7 Å². The lowest BCUT2D eigenvalue weighted by Gasteiger charge is -2.10. The van der Waals surface area contributed by atoms with Gasteiger partial charge in [-0.3, -0.25) is 9.59 Å². The van der Waals surface area contributed by atoms with Gasteiger partial charge in [-0.2, -0.15) is 0 Å². The topological polar surface area (TPSA) is 78.4 Å². The van der Waals surface area contributed by atoms with Crippen molar-refractivity contribution in [3.8, 4) is 0 Å². The van der Waals surface area contributed by atoms with E-state index in [0.717, 1.165) is 0 Å². The number of aliphatic hydroxyl groups excluding tert-OH is 1. The van der Waals surface area contributed by atoms with Gasteiger partial charge in [-0.1, -0.05) is 19.1 Å². The van der Waals surface area contributed by atoms with E-state index in [0.29, 0.717) is 16.5 Å². The molecule has 1 aromatic carbocycles. The van der Waals surface area contributed by atoms with Crippen LogP contribution in [0, 0.1) is 0 Å². The minimum Gasteiger partial charge on any atom is -0.391 e. The lowest BCUT2D eigenvalue weighted by atomic mass is 10.2. The molecule has 0 aliphatic rings. The smallest absolute Gasteiger partial charge is 0.252 e. The van der Waals surface area contributed by atoms with Gasteiger partial charge in [-0.05, 0) is 34.5 Å². The summed E-state index contributed by atoms with van der Waals surface area (Å²) in [7, 11) is 0. The molecular weight excluding hydrogens is 312 g/mol. The van der Waals surface area contributed by atoms with Crippen molar-refractivity contribution in [1.29, 1.82) is 0 Å². The van der Waals surface area contributed by atoms with E-state index in [1.807, 2.05) is 6.92 Å². The van der Waals surface area contributed by atoms with Crippen molar-refractivity contribution in [3.05, 3.63) is 34.3 Å². The Hall–Kier alpha value is -1.40. The van der Waals surface area contributed by atoms with Crippen LogP contribution in [0.2, 0.25) is 0 Å². The number of amides is 2. The molecule has 0 heterocycles. The summed E-state index contributed by atoms with van der Waals surface area (Å²) in [4.78, 5) is 23.2. The molecule has 0 saturated heterocycles. The van der Waals surface area contributed by atoms with Crippen LogP contribution in [0.25, 0.3) is 0 Å². The van der Waals surface area contributed by atoms with Crippen molar-refractivity contribution in [1.82, 2.24) is 10.6 Å². The first-order valence-electron chi connectivity index (χ1n) is 6.02. The minimum absolute atomic E-state index is 0.114. The fraction of sp³-hybridized carbons (Fsp3) is 0.385. The maximum atomic E-state index is 11.8. The van der Waals surface area contributed by atoms with Crippen molar-refractivity contribution in [3.63, 3.8) is 0 Å². The molecule has 1 aromatic rings. The highest BCUT2D eigenvalue weighted by atomic mass is 79.9. The fourth-order valence-electron chi connectivity index (χ4n) is 1.34.